The van der Waals surface area contributed by atoms with Crippen LogP contribution in [-0.4, -0.2) is 60.9 Å². The van der Waals surface area contributed by atoms with Gasteiger partial charge in [-0.2, -0.15) is 0 Å². The van der Waals surface area contributed by atoms with Gasteiger partial charge in [0, 0.05) is 13.0 Å². The van der Waals surface area contributed by atoms with Crippen molar-refractivity contribution in [1.29, 1.82) is 0 Å². The Morgan fingerprint density at radius 1 is 0.519 bits per heavy atom. The molecule has 54 heavy (non-hydrogen) atoms. The zero-order valence-corrected chi connectivity index (χ0v) is 37.2. The van der Waals surface area contributed by atoms with Crippen molar-refractivity contribution in [3.63, 3.8) is 0 Å². The van der Waals surface area contributed by atoms with Crippen LogP contribution in [0.15, 0.2) is 0 Å². The Balaban J connectivity index is 4.33. The first-order valence-electron chi connectivity index (χ1n) is 24.0. The van der Waals surface area contributed by atoms with Gasteiger partial charge in [0.1, 0.15) is 6.10 Å². The fraction of sp³-hybridized carbons (Fsp3) is 0.958. The second-order valence-electron chi connectivity index (χ2n) is 17.3. The normalized spacial score (nSPS) is 11.9. The van der Waals surface area contributed by atoms with Crippen molar-refractivity contribution in [2.45, 2.75) is 259 Å². The van der Waals surface area contributed by atoms with Crippen LogP contribution in [0.25, 0.3) is 0 Å². The maximum absolute atomic E-state index is 13.4. The molecule has 0 aromatic heterocycles. The van der Waals surface area contributed by atoms with E-state index in [0.717, 1.165) is 96.7 Å². The van der Waals surface area contributed by atoms with Crippen molar-refractivity contribution < 1.29 is 24.2 Å². The highest BCUT2D eigenvalue weighted by molar-refractivity contribution is 5.76. The van der Waals surface area contributed by atoms with Gasteiger partial charge in [0.05, 0.1) is 12.0 Å². The van der Waals surface area contributed by atoms with Crippen molar-refractivity contribution in [2.75, 3.05) is 32.8 Å². The molecule has 322 valence electrons. The van der Waals surface area contributed by atoms with Gasteiger partial charge in [-0.1, -0.05) is 162 Å². The summed E-state index contributed by atoms with van der Waals surface area (Å²) in [6.07, 6.45) is 39.7. The lowest BCUT2D eigenvalue weighted by Crippen LogP contribution is -2.31. The molecule has 0 saturated carbocycles. The molecular formula is C48H95NO5. The summed E-state index contributed by atoms with van der Waals surface area (Å²) < 4.78 is 11.7. The Labute approximate surface area is 337 Å². The van der Waals surface area contributed by atoms with Crippen LogP contribution in [0, 0.1) is 5.41 Å². The highest BCUT2D eigenvalue weighted by atomic mass is 16.5. The number of esters is 2. The summed E-state index contributed by atoms with van der Waals surface area (Å²) in [6.45, 7) is 15.0. The van der Waals surface area contributed by atoms with Gasteiger partial charge in [-0.25, -0.2) is 0 Å². The van der Waals surface area contributed by atoms with Crippen molar-refractivity contribution in [1.82, 2.24) is 4.90 Å². The maximum atomic E-state index is 13.4. The quantitative estimate of drug-likeness (QED) is 0.0492. The number of unbranched alkanes of at least 4 members (excludes halogenated alkanes) is 24. The molecule has 0 aliphatic rings. The lowest BCUT2D eigenvalue weighted by molar-refractivity contribution is -0.161. The molecule has 0 fully saturated rings. The first-order valence-corrected chi connectivity index (χ1v) is 24.0. The minimum atomic E-state index is -0.428. The summed E-state index contributed by atoms with van der Waals surface area (Å²) >= 11 is 0. The number of hydrogen-bond donors (Lipinski definition) is 1. The van der Waals surface area contributed by atoms with Crippen LogP contribution in [0.1, 0.15) is 253 Å². The number of aliphatic hydroxyl groups is 1. The molecule has 0 atom stereocenters. The van der Waals surface area contributed by atoms with Crippen molar-refractivity contribution in [3.8, 4) is 0 Å². The molecular weight excluding hydrogens is 671 g/mol. The molecule has 0 heterocycles. The third-order valence-electron chi connectivity index (χ3n) is 11.4. The Hall–Kier alpha value is -1.14. The molecule has 6 nitrogen and oxygen atoms in total. The van der Waals surface area contributed by atoms with E-state index in [4.69, 9.17) is 9.47 Å². The van der Waals surface area contributed by atoms with E-state index in [9.17, 15) is 14.7 Å². The molecule has 0 unspecified atom stereocenters. The van der Waals surface area contributed by atoms with Crippen molar-refractivity contribution in [2.24, 2.45) is 5.41 Å². The number of ether oxygens (including phenoxy) is 2. The van der Waals surface area contributed by atoms with Crippen LogP contribution in [0.2, 0.25) is 0 Å². The second-order valence-corrected chi connectivity index (χ2v) is 17.3. The monoisotopic (exact) mass is 766 g/mol. The molecule has 0 rings (SSSR count). The number of carbonyl (C=O) groups excluding carboxylic acids is 2. The number of nitrogens with zero attached hydrogens (tertiary/aromatic N) is 1. The Kier molecular flexibility index (Phi) is 39.2. The van der Waals surface area contributed by atoms with Gasteiger partial charge in [-0.05, 0) is 104 Å². The highest BCUT2D eigenvalue weighted by Crippen LogP contribution is 2.28. The topological polar surface area (TPSA) is 76.1 Å². The van der Waals surface area contributed by atoms with Gasteiger partial charge in [0.2, 0.25) is 0 Å². The van der Waals surface area contributed by atoms with Gasteiger partial charge in [0.25, 0.3) is 0 Å². The van der Waals surface area contributed by atoms with Crippen LogP contribution >= 0.6 is 0 Å². The first-order chi connectivity index (χ1) is 26.3. The molecule has 0 amide bonds. The van der Waals surface area contributed by atoms with Crippen molar-refractivity contribution in [3.05, 3.63) is 0 Å². The smallest absolute Gasteiger partial charge is 0.311 e. The molecule has 0 bridgehead atoms. The van der Waals surface area contributed by atoms with Crippen LogP contribution in [0.3, 0.4) is 0 Å². The van der Waals surface area contributed by atoms with Gasteiger partial charge in [-0.3, -0.25) is 9.59 Å². The molecule has 1 N–H and O–H groups in total. The number of aliphatic hydroxyl groups excluding tert-OH is 1. The number of rotatable bonds is 43. The van der Waals surface area contributed by atoms with Crippen LogP contribution in [0.4, 0.5) is 0 Å². The third-order valence-corrected chi connectivity index (χ3v) is 11.4. The van der Waals surface area contributed by atoms with E-state index in [2.05, 4.69) is 39.5 Å². The SMILES string of the molecule is CCCCCCCCCCC(=O)OCCCCCCN(CCCCO)CCCCCCC(C)(C)C(=O)OC(CCCCCCCC)CCCCCCCC. The van der Waals surface area contributed by atoms with E-state index in [0.29, 0.717) is 13.0 Å². The first kappa shape index (κ1) is 52.9. The molecule has 0 aliphatic heterocycles. The standard InChI is InChI=1S/C48H95NO5/c1-6-9-12-15-18-19-22-29-38-46(51)53-44-35-26-25-32-41-49(42-33-34-43-50)40-31-24-23-30-39-48(4,5)47(52)54-45(36-27-20-16-13-10-7-2)37-28-21-17-14-11-8-3/h45,50H,6-44H2,1-5H3. The van der Waals surface area contributed by atoms with E-state index >= 15 is 0 Å². The van der Waals surface area contributed by atoms with Crippen LogP contribution < -0.4 is 0 Å². The zero-order chi connectivity index (χ0) is 39.8. The summed E-state index contributed by atoms with van der Waals surface area (Å²) in [7, 11) is 0. The zero-order valence-electron chi connectivity index (χ0n) is 37.2. The maximum Gasteiger partial charge on any atom is 0.311 e. The predicted molar refractivity (Wildman–Crippen MR) is 232 cm³/mol. The minimum absolute atomic E-state index is 0.0106. The minimum Gasteiger partial charge on any atom is -0.466 e. The fourth-order valence-corrected chi connectivity index (χ4v) is 7.47. The summed E-state index contributed by atoms with van der Waals surface area (Å²) in [5, 5.41) is 9.31. The molecule has 0 spiro atoms. The molecule has 0 saturated heterocycles. The summed E-state index contributed by atoms with van der Waals surface area (Å²) in [5.74, 6) is -0.0118. The second kappa shape index (κ2) is 40.1. The average molecular weight is 766 g/mol. The van der Waals surface area contributed by atoms with Crippen LogP contribution in [0.5, 0.6) is 0 Å². The van der Waals surface area contributed by atoms with Gasteiger partial charge < -0.3 is 19.5 Å². The summed E-state index contributed by atoms with van der Waals surface area (Å²) in [4.78, 5) is 28.0. The lowest BCUT2D eigenvalue weighted by Gasteiger charge is -2.27. The molecule has 0 radical (unpaired) electrons. The lowest BCUT2D eigenvalue weighted by atomic mass is 9.86. The summed E-state index contributed by atoms with van der Waals surface area (Å²) in [6, 6.07) is 0. The Bertz CT molecular complexity index is 786. The number of hydrogen-bond acceptors (Lipinski definition) is 6. The van der Waals surface area contributed by atoms with Gasteiger partial charge in [0.15, 0.2) is 0 Å². The Morgan fingerprint density at radius 3 is 1.43 bits per heavy atom. The average Bonchev–Trinajstić information content (AvgIpc) is 3.15. The predicted octanol–water partition coefficient (Wildman–Crippen LogP) is 14.1. The molecule has 0 aromatic carbocycles. The van der Waals surface area contributed by atoms with Crippen molar-refractivity contribution >= 4 is 11.9 Å². The van der Waals surface area contributed by atoms with E-state index in [1.165, 1.54) is 135 Å². The largest absolute Gasteiger partial charge is 0.466 e. The molecule has 6 heteroatoms. The number of carbonyl (C=O) groups is 2. The highest BCUT2D eigenvalue weighted by Gasteiger charge is 2.30. The molecule has 0 aromatic rings. The Morgan fingerprint density at radius 2 is 0.926 bits per heavy atom. The van der Waals surface area contributed by atoms with E-state index in [1.807, 2.05) is 0 Å². The molecule has 0 aliphatic carbocycles. The van der Waals surface area contributed by atoms with Gasteiger partial charge >= 0.3 is 11.9 Å². The van der Waals surface area contributed by atoms with E-state index in [1.54, 1.807) is 0 Å². The van der Waals surface area contributed by atoms with E-state index in [-0.39, 0.29) is 24.6 Å². The summed E-state index contributed by atoms with van der Waals surface area (Å²) in [5.41, 5.74) is -0.428. The van der Waals surface area contributed by atoms with Gasteiger partial charge in [-0.15, -0.1) is 0 Å². The van der Waals surface area contributed by atoms with Crippen LogP contribution in [-0.2, 0) is 19.1 Å². The van der Waals surface area contributed by atoms with E-state index < -0.39 is 5.41 Å². The fourth-order valence-electron chi connectivity index (χ4n) is 7.47. The third kappa shape index (κ3) is 35.3.